The van der Waals surface area contributed by atoms with Gasteiger partial charge in [-0.3, -0.25) is 4.98 Å². The minimum Gasteiger partial charge on any atom is -0.493 e. The van der Waals surface area contributed by atoms with E-state index in [1.807, 2.05) is 13.1 Å². The van der Waals surface area contributed by atoms with Gasteiger partial charge >= 0.3 is 0 Å². The van der Waals surface area contributed by atoms with E-state index in [0.717, 1.165) is 61.4 Å². The van der Waals surface area contributed by atoms with Crippen LogP contribution in [0.15, 0.2) is 12.1 Å². The molecule has 3 heterocycles. The fourth-order valence-corrected chi connectivity index (χ4v) is 4.82. The summed E-state index contributed by atoms with van der Waals surface area (Å²) in [6.07, 6.45) is 9.63. The maximum atomic E-state index is 6.08. The summed E-state index contributed by atoms with van der Waals surface area (Å²) in [7, 11) is 3.70. The molecular weight excluding hydrogens is 390 g/mol. The number of fused-ring (bicyclic) bond motifs is 2. The average molecular weight is 428 g/mol. The summed E-state index contributed by atoms with van der Waals surface area (Å²) in [5, 5.41) is 4.50. The molecule has 0 radical (unpaired) electrons. The van der Waals surface area contributed by atoms with Crippen LogP contribution in [0.25, 0.3) is 10.9 Å². The molecule has 170 valence electrons. The summed E-state index contributed by atoms with van der Waals surface area (Å²) < 4.78 is 16.6. The van der Waals surface area contributed by atoms with Crippen LogP contribution in [0.4, 0.5) is 5.69 Å². The number of ether oxygens (including phenoxy) is 3. The van der Waals surface area contributed by atoms with E-state index in [4.69, 9.17) is 19.2 Å². The van der Waals surface area contributed by atoms with Crippen LogP contribution in [0.1, 0.15) is 49.8 Å². The van der Waals surface area contributed by atoms with E-state index in [9.17, 15) is 0 Å². The van der Waals surface area contributed by atoms with Gasteiger partial charge in [-0.15, -0.1) is 0 Å². The topological polar surface area (TPSA) is 55.8 Å². The molecule has 31 heavy (non-hydrogen) atoms. The third-order valence-corrected chi connectivity index (χ3v) is 6.45. The highest BCUT2D eigenvalue weighted by atomic mass is 16.5. The maximum absolute atomic E-state index is 6.08. The lowest BCUT2D eigenvalue weighted by Crippen LogP contribution is -2.21. The number of benzene rings is 1. The molecule has 0 unspecified atom stereocenters. The second-order valence-electron chi connectivity index (χ2n) is 8.61. The zero-order valence-corrected chi connectivity index (χ0v) is 19.2. The Balaban J connectivity index is 0.000000407. The fourth-order valence-electron chi connectivity index (χ4n) is 4.82. The van der Waals surface area contributed by atoms with Crippen molar-refractivity contribution in [3.63, 3.8) is 0 Å². The lowest BCUT2D eigenvalue weighted by molar-refractivity contribution is 0.198. The van der Waals surface area contributed by atoms with Crippen molar-refractivity contribution in [1.29, 1.82) is 0 Å². The highest BCUT2D eigenvalue weighted by Crippen LogP contribution is 2.39. The predicted octanol–water partition coefficient (Wildman–Crippen LogP) is 4.44. The number of nitrogens with zero attached hydrogens (tertiary/aromatic N) is 2. The summed E-state index contributed by atoms with van der Waals surface area (Å²) >= 11 is 0. The van der Waals surface area contributed by atoms with Crippen molar-refractivity contribution in [3.05, 3.63) is 23.4 Å². The Kier molecular flexibility index (Phi) is 7.86. The quantitative estimate of drug-likeness (QED) is 0.660. The van der Waals surface area contributed by atoms with Crippen molar-refractivity contribution in [3.8, 4) is 11.5 Å². The van der Waals surface area contributed by atoms with Crippen LogP contribution in [-0.2, 0) is 17.6 Å². The molecule has 0 spiro atoms. The predicted molar refractivity (Wildman–Crippen MR) is 126 cm³/mol. The number of anilines is 1. The zero-order valence-electron chi connectivity index (χ0n) is 19.2. The Labute approximate surface area is 186 Å². The SMILES string of the molecule is C1CCOC1.CNc1c2c(nc3cc(OCCCN4CCCC4)c(OC)cc13)CCC2. The van der Waals surface area contributed by atoms with Crippen LogP contribution in [0.2, 0.25) is 0 Å². The molecule has 1 aliphatic carbocycles. The number of pyridine rings is 1. The number of aromatic nitrogens is 1. The van der Waals surface area contributed by atoms with E-state index < -0.39 is 0 Å². The fraction of sp³-hybridized carbons (Fsp3) is 0.640. The van der Waals surface area contributed by atoms with Crippen LogP contribution in [0, 0.1) is 0 Å². The Bertz CT molecular complexity index is 853. The van der Waals surface area contributed by atoms with Gasteiger partial charge in [-0.1, -0.05) is 0 Å². The number of nitrogens with one attached hydrogen (secondary N) is 1. The minimum atomic E-state index is 0.711. The molecule has 1 aromatic carbocycles. The number of methoxy groups -OCH3 is 1. The first kappa shape index (κ1) is 22.2. The minimum absolute atomic E-state index is 0.711. The first-order valence-corrected chi connectivity index (χ1v) is 11.9. The first-order chi connectivity index (χ1) is 15.3. The molecule has 2 aromatic rings. The third kappa shape index (κ3) is 5.42. The van der Waals surface area contributed by atoms with Gasteiger partial charge in [0.2, 0.25) is 0 Å². The Morgan fingerprint density at radius 3 is 2.52 bits per heavy atom. The van der Waals surface area contributed by atoms with E-state index in [2.05, 4.69) is 16.3 Å². The molecule has 0 amide bonds. The smallest absolute Gasteiger partial charge is 0.163 e. The van der Waals surface area contributed by atoms with Crippen LogP contribution in [0.5, 0.6) is 11.5 Å². The van der Waals surface area contributed by atoms with Gasteiger partial charge in [0, 0.05) is 49.6 Å². The van der Waals surface area contributed by atoms with Crippen molar-refractivity contribution >= 4 is 16.6 Å². The normalized spacial score (nSPS) is 18.0. The van der Waals surface area contributed by atoms with Gasteiger partial charge < -0.3 is 24.4 Å². The van der Waals surface area contributed by atoms with Gasteiger partial charge in [0.1, 0.15) is 0 Å². The van der Waals surface area contributed by atoms with E-state index in [-0.39, 0.29) is 0 Å². The van der Waals surface area contributed by atoms with Gasteiger partial charge in [0.05, 0.1) is 19.2 Å². The number of likely N-dealkylation sites (tertiary alicyclic amines) is 1. The van der Waals surface area contributed by atoms with E-state index >= 15 is 0 Å². The number of hydrogen-bond donors (Lipinski definition) is 1. The molecular formula is C25H37N3O3. The highest BCUT2D eigenvalue weighted by molar-refractivity contribution is 5.95. The average Bonchev–Trinajstić information content (AvgIpc) is 3.58. The van der Waals surface area contributed by atoms with Gasteiger partial charge in [0.15, 0.2) is 11.5 Å². The van der Waals surface area contributed by atoms with Gasteiger partial charge in [0.25, 0.3) is 0 Å². The lowest BCUT2D eigenvalue weighted by atomic mass is 10.1. The van der Waals surface area contributed by atoms with Gasteiger partial charge in [-0.2, -0.15) is 0 Å². The molecule has 2 aliphatic heterocycles. The molecule has 3 aliphatic rings. The summed E-state index contributed by atoms with van der Waals surface area (Å²) in [5.41, 5.74) is 4.78. The van der Waals surface area contributed by atoms with Crippen LogP contribution in [0.3, 0.4) is 0 Å². The summed E-state index contributed by atoms with van der Waals surface area (Å²) in [6.45, 7) is 6.30. The Morgan fingerprint density at radius 1 is 1.03 bits per heavy atom. The van der Waals surface area contributed by atoms with Crippen molar-refractivity contribution < 1.29 is 14.2 Å². The van der Waals surface area contributed by atoms with E-state index in [1.54, 1.807) is 7.11 Å². The van der Waals surface area contributed by atoms with Crippen LogP contribution >= 0.6 is 0 Å². The molecule has 5 rings (SSSR count). The molecule has 2 fully saturated rings. The maximum Gasteiger partial charge on any atom is 0.163 e. The largest absolute Gasteiger partial charge is 0.493 e. The Morgan fingerprint density at radius 2 is 1.84 bits per heavy atom. The van der Waals surface area contributed by atoms with Crippen LogP contribution < -0.4 is 14.8 Å². The molecule has 0 atom stereocenters. The molecule has 0 saturated carbocycles. The number of rotatable bonds is 7. The summed E-state index contributed by atoms with van der Waals surface area (Å²) in [6, 6.07) is 4.12. The summed E-state index contributed by atoms with van der Waals surface area (Å²) in [4.78, 5) is 7.43. The van der Waals surface area contributed by atoms with Crippen molar-refractivity contribution in [2.45, 2.75) is 51.4 Å². The van der Waals surface area contributed by atoms with Gasteiger partial charge in [-0.05, 0) is 76.1 Å². The molecule has 6 heteroatoms. The van der Waals surface area contributed by atoms with E-state index in [1.165, 1.54) is 62.1 Å². The second-order valence-corrected chi connectivity index (χ2v) is 8.61. The molecule has 6 nitrogen and oxygen atoms in total. The van der Waals surface area contributed by atoms with E-state index in [0.29, 0.717) is 6.61 Å². The number of aryl methyl sites for hydroxylation is 1. The standard InChI is InChI=1S/C21H29N3O2.C4H8O/c1-22-21-15-7-5-8-17(15)23-18-14-20(19(25-2)13-16(18)21)26-12-6-11-24-9-3-4-10-24;1-2-4-5-3-1/h13-14H,3-12H2,1-2H3,(H,22,23);1-4H2. The highest BCUT2D eigenvalue weighted by Gasteiger charge is 2.21. The molecule has 1 N–H and O–H groups in total. The van der Waals surface area contributed by atoms with Gasteiger partial charge in [-0.25, -0.2) is 0 Å². The van der Waals surface area contributed by atoms with Crippen molar-refractivity contribution in [2.24, 2.45) is 0 Å². The number of hydrogen-bond acceptors (Lipinski definition) is 6. The van der Waals surface area contributed by atoms with Crippen molar-refractivity contribution in [2.75, 3.05) is 58.9 Å². The van der Waals surface area contributed by atoms with Crippen molar-refractivity contribution in [1.82, 2.24) is 9.88 Å². The lowest BCUT2D eigenvalue weighted by Gasteiger charge is -2.17. The molecule has 2 saturated heterocycles. The molecule has 1 aromatic heterocycles. The monoisotopic (exact) mass is 427 g/mol. The Hall–Kier alpha value is -2.05. The first-order valence-electron chi connectivity index (χ1n) is 11.9. The van der Waals surface area contributed by atoms with Crippen LogP contribution in [-0.4, -0.2) is 63.5 Å². The third-order valence-electron chi connectivity index (χ3n) is 6.45. The second kappa shape index (κ2) is 11.0. The zero-order chi connectivity index (χ0) is 21.5. The summed E-state index contributed by atoms with van der Waals surface area (Å²) in [5.74, 6) is 1.59. The molecule has 0 bridgehead atoms.